The number of allylic oxidation sites excluding steroid dienone is 2. The number of halogens is 2. The molecule has 7 nitrogen and oxygen atoms in total. The molecule has 3 aromatic heterocycles. The quantitative estimate of drug-likeness (QED) is 0.315. The monoisotopic (exact) mass is 528 g/mol. The molecule has 2 aliphatic carbocycles. The number of benzene rings is 1. The topological polar surface area (TPSA) is 92.3 Å². The van der Waals surface area contributed by atoms with E-state index in [2.05, 4.69) is 32.2 Å². The van der Waals surface area contributed by atoms with Crippen LogP contribution in [0.15, 0.2) is 47.3 Å². The highest BCUT2D eigenvalue weighted by Gasteiger charge is 2.44. The van der Waals surface area contributed by atoms with Crippen molar-refractivity contribution in [2.24, 2.45) is 5.41 Å². The van der Waals surface area contributed by atoms with Gasteiger partial charge in [-0.2, -0.15) is 0 Å². The molecule has 7 rings (SSSR count). The lowest BCUT2D eigenvalue weighted by Crippen LogP contribution is -2.42. The van der Waals surface area contributed by atoms with Crippen LogP contribution in [0.2, 0.25) is 0 Å². The third-order valence-electron chi connectivity index (χ3n) is 8.44. The van der Waals surface area contributed by atoms with E-state index in [4.69, 9.17) is 4.52 Å². The fourth-order valence-electron chi connectivity index (χ4n) is 6.15. The Hall–Kier alpha value is -4.14. The summed E-state index contributed by atoms with van der Waals surface area (Å²) in [5.74, 6) is -1.52. The van der Waals surface area contributed by atoms with Gasteiger partial charge in [0, 0.05) is 35.6 Å². The third kappa shape index (κ3) is 3.99. The Bertz CT molecular complexity index is 1660. The Morgan fingerprint density at radius 3 is 2.49 bits per heavy atom. The zero-order valence-electron chi connectivity index (χ0n) is 21.4. The van der Waals surface area contributed by atoms with Crippen molar-refractivity contribution < 1.29 is 23.2 Å². The molecule has 1 aliphatic heterocycles. The van der Waals surface area contributed by atoms with E-state index in [1.807, 2.05) is 19.1 Å². The van der Waals surface area contributed by atoms with Crippen LogP contribution >= 0.6 is 0 Å². The van der Waals surface area contributed by atoms with Crippen LogP contribution in [0.3, 0.4) is 0 Å². The number of pyridine rings is 2. The minimum atomic E-state index is -1.03. The van der Waals surface area contributed by atoms with E-state index in [9.17, 15) is 18.7 Å². The molecular weight excluding hydrogens is 502 g/mol. The second-order valence-electron chi connectivity index (χ2n) is 11.0. The number of carboxylic acids is 1. The van der Waals surface area contributed by atoms with Gasteiger partial charge in [-0.05, 0) is 79.8 Å². The Balaban J connectivity index is 1.14. The van der Waals surface area contributed by atoms with Gasteiger partial charge in [0.15, 0.2) is 11.6 Å². The van der Waals surface area contributed by atoms with Crippen LogP contribution in [0.4, 0.5) is 14.5 Å². The van der Waals surface area contributed by atoms with Gasteiger partial charge in [-0.25, -0.2) is 18.6 Å². The smallest absolute Gasteiger partial charge is 0.354 e. The minimum absolute atomic E-state index is 0.0429. The number of fused-ring (bicyclic) bond motifs is 1. The number of piperidine rings is 1. The van der Waals surface area contributed by atoms with Crippen LogP contribution in [-0.2, 0) is 0 Å². The minimum Gasteiger partial charge on any atom is -0.477 e. The fraction of sp³-hybridized carbons (Fsp3) is 0.333. The maximum absolute atomic E-state index is 14.6. The van der Waals surface area contributed by atoms with Gasteiger partial charge in [-0.15, -0.1) is 0 Å². The number of hydrogen-bond acceptors (Lipinski definition) is 6. The second kappa shape index (κ2) is 8.69. The van der Waals surface area contributed by atoms with Gasteiger partial charge in [0.25, 0.3) is 0 Å². The van der Waals surface area contributed by atoms with Gasteiger partial charge in [0.2, 0.25) is 0 Å². The number of nitrogens with zero attached hydrogens (tertiary/aromatic N) is 4. The summed E-state index contributed by atoms with van der Waals surface area (Å²) in [5.41, 5.74) is 4.62. The van der Waals surface area contributed by atoms with Crippen LogP contribution in [0.1, 0.15) is 65.4 Å². The van der Waals surface area contributed by atoms with Crippen molar-refractivity contribution in [3.63, 3.8) is 0 Å². The van der Waals surface area contributed by atoms with Crippen molar-refractivity contribution >= 4 is 28.1 Å². The van der Waals surface area contributed by atoms with Crippen molar-refractivity contribution in [1.29, 1.82) is 0 Å². The SMILES string of the molecule is Cc1cc(C(=O)O)nc2ccc(N3CCC4(C=C(c5c(-c6c(F)cncc6F)noc5C5CC5)C4)CC3)cc12. The summed E-state index contributed by atoms with van der Waals surface area (Å²) in [6.45, 7) is 3.65. The van der Waals surface area contributed by atoms with Crippen molar-refractivity contribution in [1.82, 2.24) is 15.1 Å². The molecule has 0 unspecified atom stereocenters. The Morgan fingerprint density at radius 2 is 1.82 bits per heavy atom. The van der Waals surface area contributed by atoms with E-state index in [-0.39, 0.29) is 28.3 Å². The number of rotatable bonds is 5. The standard InChI is InChI=1S/C30H26F2N4O3/c1-16-10-24(29(37)38)34-23-5-4-19(11-20(16)23)36-8-6-30(7-9-36)12-18(13-30)25-27(35-39-28(25)17-2-3-17)26-21(31)14-33-15-22(26)32/h4-5,10-12,14-15,17H,2-3,6-9,13H2,1H3,(H,37,38). The molecule has 0 radical (unpaired) electrons. The number of carboxylic acid groups (broad SMARTS) is 1. The maximum atomic E-state index is 14.6. The van der Waals surface area contributed by atoms with Crippen LogP contribution in [0, 0.1) is 24.0 Å². The number of aryl methyl sites for hydroxylation is 1. The molecular formula is C30H26F2N4O3. The lowest BCUT2D eigenvalue weighted by Gasteiger charge is -2.47. The van der Waals surface area contributed by atoms with E-state index in [0.717, 1.165) is 91.1 Å². The first-order valence-electron chi connectivity index (χ1n) is 13.2. The molecule has 4 aromatic rings. The van der Waals surface area contributed by atoms with Crippen LogP contribution < -0.4 is 4.90 Å². The van der Waals surface area contributed by atoms with Gasteiger partial charge in [0.05, 0.1) is 23.5 Å². The summed E-state index contributed by atoms with van der Waals surface area (Å²) in [6, 6.07) is 7.59. The van der Waals surface area contributed by atoms with Crippen LogP contribution in [0.25, 0.3) is 27.7 Å². The number of carbonyl (C=O) groups is 1. The molecule has 0 amide bonds. The van der Waals surface area contributed by atoms with E-state index in [0.29, 0.717) is 5.52 Å². The van der Waals surface area contributed by atoms with Crippen molar-refractivity contribution in [2.75, 3.05) is 18.0 Å². The average Bonchev–Trinajstić information content (AvgIpc) is 3.66. The summed E-state index contributed by atoms with van der Waals surface area (Å²) < 4.78 is 34.9. The average molecular weight is 529 g/mol. The second-order valence-corrected chi connectivity index (χ2v) is 11.0. The summed E-state index contributed by atoms with van der Waals surface area (Å²) >= 11 is 0. The van der Waals surface area contributed by atoms with Gasteiger partial charge in [-0.3, -0.25) is 4.98 Å². The van der Waals surface area contributed by atoms with Crippen LogP contribution in [-0.4, -0.2) is 39.3 Å². The van der Waals surface area contributed by atoms with E-state index in [1.165, 1.54) is 0 Å². The lowest BCUT2D eigenvalue weighted by molar-refractivity contribution is 0.0691. The Morgan fingerprint density at radius 1 is 1.10 bits per heavy atom. The Labute approximate surface area is 223 Å². The van der Waals surface area contributed by atoms with Gasteiger partial charge in [0.1, 0.15) is 17.1 Å². The number of aromatic carboxylic acids is 1. The molecule has 39 heavy (non-hydrogen) atoms. The molecule has 4 heterocycles. The van der Waals surface area contributed by atoms with Gasteiger partial charge < -0.3 is 14.5 Å². The molecule has 1 aromatic carbocycles. The normalized spacial score (nSPS) is 18.3. The molecule has 0 atom stereocenters. The van der Waals surface area contributed by atoms with Crippen LogP contribution in [0.5, 0.6) is 0 Å². The highest BCUT2D eigenvalue weighted by molar-refractivity contribution is 5.92. The molecule has 2 fully saturated rings. The number of anilines is 1. The third-order valence-corrected chi connectivity index (χ3v) is 8.44. The first kappa shape index (κ1) is 23.9. The zero-order chi connectivity index (χ0) is 26.9. The highest BCUT2D eigenvalue weighted by Crippen LogP contribution is 2.56. The molecule has 1 saturated heterocycles. The first-order valence-corrected chi connectivity index (χ1v) is 13.2. The first-order chi connectivity index (χ1) is 18.8. The van der Waals surface area contributed by atoms with Crippen molar-refractivity contribution in [3.8, 4) is 11.3 Å². The summed E-state index contributed by atoms with van der Waals surface area (Å²) in [4.78, 5) is 21.6. The largest absolute Gasteiger partial charge is 0.477 e. The fourth-order valence-corrected chi connectivity index (χ4v) is 6.15. The van der Waals surface area contributed by atoms with E-state index >= 15 is 0 Å². The molecule has 0 bridgehead atoms. The molecule has 1 saturated carbocycles. The maximum Gasteiger partial charge on any atom is 0.354 e. The number of hydrogen-bond donors (Lipinski definition) is 1. The molecule has 1 spiro atoms. The summed E-state index contributed by atoms with van der Waals surface area (Å²) in [7, 11) is 0. The zero-order valence-corrected chi connectivity index (χ0v) is 21.4. The summed E-state index contributed by atoms with van der Waals surface area (Å²) in [6.07, 6.45) is 9.02. The van der Waals surface area contributed by atoms with Crippen molar-refractivity contribution in [2.45, 2.75) is 44.9 Å². The molecule has 198 valence electrons. The molecule has 3 aliphatic rings. The molecule has 1 N–H and O–H groups in total. The predicted octanol–water partition coefficient (Wildman–Crippen LogP) is 6.52. The van der Waals surface area contributed by atoms with E-state index in [1.54, 1.807) is 6.07 Å². The predicted molar refractivity (Wildman–Crippen MR) is 142 cm³/mol. The number of aromatic nitrogens is 3. The Kier molecular flexibility index (Phi) is 5.33. The highest BCUT2D eigenvalue weighted by atomic mass is 19.1. The van der Waals surface area contributed by atoms with Gasteiger partial charge in [-0.1, -0.05) is 11.2 Å². The molecule has 9 heteroatoms. The van der Waals surface area contributed by atoms with Crippen molar-refractivity contribution in [3.05, 3.63) is 77.0 Å². The lowest BCUT2D eigenvalue weighted by atomic mass is 9.63. The van der Waals surface area contributed by atoms with E-state index < -0.39 is 17.6 Å². The summed E-state index contributed by atoms with van der Waals surface area (Å²) in [5, 5.41) is 14.4. The van der Waals surface area contributed by atoms with Gasteiger partial charge >= 0.3 is 5.97 Å².